The van der Waals surface area contributed by atoms with Crippen LogP contribution in [0.25, 0.3) is 10.1 Å². The highest BCUT2D eigenvalue weighted by Crippen LogP contribution is 2.46. The first-order valence-corrected chi connectivity index (χ1v) is 6.63. The van der Waals surface area contributed by atoms with E-state index in [0.717, 1.165) is 0 Å². The quantitative estimate of drug-likeness (QED) is 0.752. The molecular weight excluding hydrogens is 232 g/mol. The summed E-state index contributed by atoms with van der Waals surface area (Å²) in [6, 6.07) is 6.19. The molecule has 88 valence electrons. The van der Waals surface area contributed by atoms with Gasteiger partial charge in [0, 0.05) is 4.70 Å². The highest BCUT2D eigenvalue weighted by atomic mass is 32.1. The number of fused-ring (bicyclic) bond motifs is 1. The number of rotatable bonds is 2. The van der Waals surface area contributed by atoms with Crippen molar-refractivity contribution in [1.29, 1.82) is 0 Å². The zero-order valence-electron chi connectivity index (χ0n) is 9.95. The molecule has 1 saturated carbocycles. The van der Waals surface area contributed by atoms with Crippen LogP contribution in [0.5, 0.6) is 0 Å². The van der Waals surface area contributed by atoms with Crippen molar-refractivity contribution < 1.29 is 9.53 Å². The molecule has 1 aliphatic carbocycles. The summed E-state index contributed by atoms with van der Waals surface area (Å²) in [7, 11) is 1.43. The van der Waals surface area contributed by atoms with Crippen LogP contribution in [-0.4, -0.2) is 13.1 Å². The number of ether oxygens (including phenoxy) is 1. The number of esters is 1. The Morgan fingerprint density at radius 1 is 1.41 bits per heavy atom. The first kappa shape index (κ1) is 10.8. The van der Waals surface area contributed by atoms with Gasteiger partial charge in [-0.2, -0.15) is 0 Å². The minimum Gasteiger partial charge on any atom is -0.465 e. The van der Waals surface area contributed by atoms with Gasteiger partial charge in [0.15, 0.2) is 0 Å². The summed E-state index contributed by atoms with van der Waals surface area (Å²) >= 11 is 1.56. The van der Waals surface area contributed by atoms with Crippen LogP contribution in [0.3, 0.4) is 0 Å². The number of thiophene rings is 1. The highest BCUT2D eigenvalue weighted by Gasteiger charge is 2.28. The van der Waals surface area contributed by atoms with Crippen LogP contribution in [0.15, 0.2) is 18.2 Å². The number of benzene rings is 1. The van der Waals surface area contributed by atoms with Gasteiger partial charge in [0.05, 0.1) is 7.11 Å². The number of carbonyl (C=O) groups is 1. The number of methoxy groups -OCH3 is 1. The van der Waals surface area contributed by atoms with E-state index in [9.17, 15) is 4.79 Å². The summed E-state index contributed by atoms with van der Waals surface area (Å²) in [5, 5.41) is 1.17. The van der Waals surface area contributed by atoms with Gasteiger partial charge in [0.2, 0.25) is 0 Å². The Morgan fingerprint density at radius 2 is 2.18 bits per heavy atom. The summed E-state index contributed by atoms with van der Waals surface area (Å²) in [5.41, 5.74) is 2.79. The van der Waals surface area contributed by atoms with Gasteiger partial charge >= 0.3 is 5.97 Å². The molecule has 3 rings (SSSR count). The fraction of sp³-hybridized carbons (Fsp3) is 0.357. The molecule has 0 aliphatic heterocycles. The van der Waals surface area contributed by atoms with E-state index in [2.05, 4.69) is 19.1 Å². The smallest absolute Gasteiger partial charge is 0.348 e. The lowest BCUT2D eigenvalue weighted by Gasteiger charge is -2.04. The molecule has 1 heterocycles. The number of aryl methyl sites for hydroxylation is 1. The van der Waals surface area contributed by atoms with Crippen molar-refractivity contribution in [1.82, 2.24) is 0 Å². The van der Waals surface area contributed by atoms with Gasteiger partial charge in [-0.3, -0.25) is 0 Å². The molecule has 0 amide bonds. The van der Waals surface area contributed by atoms with Gasteiger partial charge in [0.25, 0.3) is 0 Å². The first-order valence-electron chi connectivity index (χ1n) is 5.82. The van der Waals surface area contributed by atoms with Crippen molar-refractivity contribution in [3.63, 3.8) is 0 Å². The Kier molecular flexibility index (Phi) is 2.44. The zero-order valence-corrected chi connectivity index (χ0v) is 10.8. The van der Waals surface area contributed by atoms with Gasteiger partial charge < -0.3 is 4.74 Å². The Balaban J connectivity index is 2.21. The van der Waals surface area contributed by atoms with Gasteiger partial charge in [-0.25, -0.2) is 4.79 Å². The molecule has 0 saturated heterocycles. The maximum Gasteiger partial charge on any atom is 0.348 e. The standard InChI is InChI=1S/C14H14O2S/c1-8-3-4-10-7-11(14(15)16-2)17-13(10)12(8)9-5-6-9/h3-4,7,9H,5-6H2,1-2H3. The minimum atomic E-state index is -0.231. The lowest BCUT2D eigenvalue weighted by molar-refractivity contribution is 0.0606. The molecule has 1 aromatic heterocycles. The topological polar surface area (TPSA) is 26.3 Å². The van der Waals surface area contributed by atoms with E-state index < -0.39 is 0 Å². The lowest BCUT2D eigenvalue weighted by Crippen LogP contribution is -1.96. The highest BCUT2D eigenvalue weighted by molar-refractivity contribution is 7.21. The van der Waals surface area contributed by atoms with Crippen LogP contribution < -0.4 is 0 Å². The summed E-state index contributed by atoms with van der Waals surface area (Å²) in [6.07, 6.45) is 2.57. The predicted molar refractivity (Wildman–Crippen MR) is 69.9 cm³/mol. The molecule has 1 aromatic carbocycles. The molecule has 0 bridgehead atoms. The summed E-state index contributed by atoms with van der Waals surface area (Å²) in [6.45, 7) is 2.16. The second-order valence-corrected chi connectivity index (χ2v) is 5.64. The molecule has 0 N–H and O–H groups in total. The van der Waals surface area contributed by atoms with Crippen LogP contribution >= 0.6 is 11.3 Å². The fourth-order valence-corrected chi connectivity index (χ4v) is 3.56. The largest absolute Gasteiger partial charge is 0.465 e. The fourth-order valence-electron chi connectivity index (χ4n) is 2.30. The third kappa shape index (κ3) is 1.75. The molecule has 0 atom stereocenters. The summed E-state index contributed by atoms with van der Waals surface area (Å²) in [5.74, 6) is 0.480. The maximum absolute atomic E-state index is 11.6. The number of carbonyl (C=O) groups excluding carboxylic acids is 1. The van der Waals surface area contributed by atoms with E-state index in [-0.39, 0.29) is 5.97 Å². The molecule has 0 unspecified atom stereocenters. The molecule has 17 heavy (non-hydrogen) atoms. The van der Waals surface area contributed by atoms with Crippen molar-refractivity contribution in [2.45, 2.75) is 25.7 Å². The average Bonchev–Trinajstić information content (AvgIpc) is 3.06. The SMILES string of the molecule is COC(=O)c1cc2ccc(C)c(C3CC3)c2s1. The van der Waals surface area contributed by atoms with Crippen LogP contribution in [0, 0.1) is 6.92 Å². The monoisotopic (exact) mass is 246 g/mol. The maximum atomic E-state index is 11.6. The van der Waals surface area contributed by atoms with Crippen molar-refractivity contribution in [3.8, 4) is 0 Å². The van der Waals surface area contributed by atoms with Crippen LogP contribution in [0.1, 0.15) is 39.6 Å². The minimum absolute atomic E-state index is 0.231. The van der Waals surface area contributed by atoms with Crippen molar-refractivity contribution in [2.24, 2.45) is 0 Å². The molecule has 2 aromatic rings. The van der Waals surface area contributed by atoms with E-state index in [0.29, 0.717) is 10.8 Å². The second kappa shape index (κ2) is 3.84. The molecule has 0 radical (unpaired) electrons. The van der Waals surface area contributed by atoms with Gasteiger partial charge in [0.1, 0.15) is 4.88 Å². The van der Waals surface area contributed by atoms with Gasteiger partial charge in [-0.1, -0.05) is 12.1 Å². The molecule has 0 spiro atoms. The Morgan fingerprint density at radius 3 is 2.82 bits per heavy atom. The summed E-state index contributed by atoms with van der Waals surface area (Å²) < 4.78 is 6.05. The third-order valence-corrected chi connectivity index (χ3v) is 4.48. The lowest BCUT2D eigenvalue weighted by atomic mass is 10.0. The van der Waals surface area contributed by atoms with E-state index in [4.69, 9.17) is 4.74 Å². The van der Waals surface area contributed by atoms with E-state index >= 15 is 0 Å². The van der Waals surface area contributed by atoms with Crippen LogP contribution in [0.4, 0.5) is 0 Å². The molecule has 3 heteroatoms. The zero-order chi connectivity index (χ0) is 12.0. The van der Waals surface area contributed by atoms with Gasteiger partial charge in [-0.05, 0) is 48.3 Å². The van der Waals surface area contributed by atoms with Crippen molar-refractivity contribution >= 4 is 27.4 Å². The predicted octanol–water partition coefficient (Wildman–Crippen LogP) is 3.87. The third-order valence-electron chi connectivity index (χ3n) is 3.32. The van der Waals surface area contributed by atoms with E-state index in [1.165, 1.54) is 41.2 Å². The normalized spacial score (nSPS) is 15.2. The Labute approximate surface area is 104 Å². The molecule has 1 aliphatic rings. The van der Waals surface area contributed by atoms with Crippen LogP contribution in [-0.2, 0) is 4.74 Å². The average molecular weight is 246 g/mol. The first-order chi connectivity index (χ1) is 8.20. The summed E-state index contributed by atoms with van der Waals surface area (Å²) in [4.78, 5) is 12.3. The van der Waals surface area contributed by atoms with Crippen molar-refractivity contribution in [2.75, 3.05) is 7.11 Å². The molecule has 1 fully saturated rings. The van der Waals surface area contributed by atoms with Crippen LogP contribution in [0.2, 0.25) is 0 Å². The molecular formula is C14H14O2S. The van der Waals surface area contributed by atoms with Gasteiger partial charge in [-0.15, -0.1) is 11.3 Å². The number of hydrogen-bond acceptors (Lipinski definition) is 3. The van der Waals surface area contributed by atoms with Crippen molar-refractivity contribution in [3.05, 3.63) is 34.2 Å². The second-order valence-electron chi connectivity index (χ2n) is 4.59. The van der Waals surface area contributed by atoms with E-state index in [1.54, 1.807) is 11.3 Å². The number of hydrogen-bond donors (Lipinski definition) is 0. The Bertz CT molecular complexity index is 594. The Hall–Kier alpha value is -1.35. The molecule has 2 nitrogen and oxygen atoms in total. The van der Waals surface area contributed by atoms with E-state index in [1.807, 2.05) is 6.07 Å².